The van der Waals surface area contributed by atoms with Crippen LogP contribution in [0.15, 0.2) is 36.7 Å². The number of amides is 1. The van der Waals surface area contributed by atoms with E-state index < -0.39 is 17.4 Å². The number of nitrogens with zero attached hydrogens (tertiary/aromatic N) is 4. The molecule has 0 bridgehead atoms. The molecule has 1 atom stereocenters. The van der Waals surface area contributed by atoms with Gasteiger partial charge in [0, 0.05) is 44.9 Å². The second kappa shape index (κ2) is 7.01. The van der Waals surface area contributed by atoms with Crippen molar-refractivity contribution in [3.63, 3.8) is 0 Å². The molecule has 1 amide bonds. The van der Waals surface area contributed by atoms with Crippen molar-refractivity contribution in [3.8, 4) is 5.69 Å². The van der Waals surface area contributed by atoms with E-state index in [1.165, 1.54) is 10.7 Å². The van der Waals surface area contributed by atoms with E-state index in [0.29, 0.717) is 38.2 Å². The average molecular weight is 386 g/mol. The molecular weight excluding hydrogens is 363 g/mol. The van der Waals surface area contributed by atoms with Crippen LogP contribution in [0.2, 0.25) is 0 Å². The van der Waals surface area contributed by atoms with E-state index in [2.05, 4.69) is 10.00 Å². The number of rotatable bonds is 4. The molecule has 2 aliphatic heterocycles. The van der Waals surface area contributed by atoms with E-state index in [4.69, 9.17) is 0 Å². The number of hydrogen-bond donors (Lipinski definition) is 1. The van der Waals surface area contributed by atoms with Crippen LogP contribution in [0.5, 0.6) is 0 Å². The number of carbonyl (C=O) groups excluding carboxylic acids is 1. The Hall–Kier alpha value is -2.74. The minimum absolute atomic E-state index is 0.0846. The van der Waals surface area contributed by atoms with Gasteiger partial charge in [-0.2, -0.15) is 5.10 Å². The molecule has 0 radical (unpaired) electrons. The molecule has 4 rings (SSSR count). The Morgan fingerprint density at radius 3 is 2.71 bits per heavy atom. The number of carbonyl (C=O) groups is 2. The van der Waals surface area contributed by atoms with Gasteiger partial charge < -0.3 is 10.0 Å². The smallest absolute Gasteiger partial charge is 0.309 e. The molecule has 148 valence electrons. The highest BCUT2D eigenvalue weighted by Gasteiger charge is 2.55. The molecule has 3 heterocycles. The number of aliphatic carboxylic acids is 1. The number of halogens is 1. The highest BCUT2D eigenvalue weighted by molar-refractivity contribution is 5.88. The van der Waals surface area contributed by atoms with Crippen molar-refractivity contribution in [3.05, 3.63) is 48.0 Å². The van der Waals surface area contributed by atoms with Crippen LogP contribution in [0.4, 0.5) is 4.39 Å². The van der Waals surface area contributed by atoms with Crippen LogP contribution in [0, 0.1) is 11.7 Å². The number of para-hydroxylation sites is 1. The Balaban J connectivity index is 1.43. The molecule has 1 aromatic carbocycles. The van der Waals surface area contributed by atoms with Gasteiger partial charge in [-0.15, -0.1) is 0 Å². The van der Waals surface area contributed by atoms with E-state index in [1.54, 1.807) is 36.3 Å². The molecule has 2 fully saturated rings. The first-order chi connectivity index (χ1) is 13.4. The Kier molecular flexibility index (Phi) is 4.66. The second-order valence-electron chi connectivity index (χ2n) is 7.67. The SMILES string of the molecule is CN1C(=O)CC(C(=O)O)C12CCN(Cc1cnn(-c3ccccc3F)c1)CC2. The third-order valence-electron chi connectivity index (χ3n) is 6.23. The summed E-state index contributed by atoms with van der Waals surface area (Å²) in [7, 11) is 1.72. The summed E-state index contributed by atoms with van der Waals surface area (Å²) < 4.78 is 15.5. The van der Waals surface area contributed by atoms with Gasteiger partial charge >= 0.3 is 5.97 Å². The predicted molar refractivity (Wildman–Crippen MR) is 99.3 cm³/mol. The third-order valence-corrected chi connectivity index (χ3v) is 6.23. The van der Waals surface area contributed by atoms with Crippen molar-refractivity contribution < 1.29 is 19.1 Å². The minimum Gasteiger partial charge on any atom is -0.481 e. The van der Waals surface area contributed by atoms with Crippen LogP contribution < -0.4 is 0 Å². The van der Waals surface area contributed by atoms with Crippen molar-refractivity contribution in [2.75, 3.05) is 20.1 Å². The van der Waals surface area contributed by atoms with Crippen LogP contribution in [-0.2, 0) is 16.1 Å². The summed E-state index contributed by atoms with van der Waals surface area (Å²) in [6, 6.07) is 6.48. The first-order valence-corrected chi connectivity index (χ1v) is 9.41. The number of carboxylic acids is 1. The molecule has 0 aliphatic carbocycles. The first-order valence-electron chi connectivity index (χ1n) is 9.41. The fourth-order valence-corrected chi connectivity index (χ4v) is 4.55. The number of hydrogen-bond acceptors (Lipinski definition) is 4. The van der Waals surface area contributed by atoms with E-state index in [9.17, 15) is 19.1 Å². The summed E-state index contributed by atoms with van der Waals surface area (Å²) in [4.78, 5) is 27.7. The summed E-state index contributed by atoms with van der Waals surface area (Å²) in [6.07, 6.45) is 4.89. The van der Waals surface area contributed by atoms with E-state index in [-0.39, 0.29) is 18.1 Å². The maximum Gasteiger partial charge on any atom is 0.309 e. The van der Waals surface area contributed by atoms with Gasteiger partial charge in [0.1, 0.15) is 11.5 Å². The summed E-state index contributed by atoms with van der Waals surface area (Å²) >= 11 is 0. The Morgan fingerprint density at radius 1 is 1.32 bits per heavy atom. The largest absolute Gasteiger partial charge is 0.481 e. The maximum absolute atomic E-state index is 13.9. The number of piperidine rings is 1. The molecular formula is C20H23FN4O3. The second-order valence-corrected chi connectivity index (χ2v) is 7.67. The average Bonchev–Trinajstić information content (AvgIpc) is 3.23. The van der Waals surface area contributed by atoms with Crippen LogP contribution in [-0.4, -0.2) is 62.2 Å². The molecule has 7 nitrogen and oxygen atoms in total. The molecule has 2 saturated heterocycles. The summed E-state index contributed by atoms with van der Waals surface area (Å²) in [5, 5.41) is 13.8. The first kappa shape index (κ1) is 18.6. The Labute approximate surface area is 162 Å². The van der Waals surface area contributed by atoms with Crippen molar-refractivity contribution in [1.29, 1.82) is 0 Å². The molecule has 2 aliphatic rings. The maximum atomic E-state index is 13.9. The van der Waals surface area contributed by atoms with Gasteiger partial charge in [-0.05, 0) is 25.0 Å². The van der Waals surface area contributed by atoms with Crippen LogP contribution in [0.25, 0.3) is 5.69 Å². The van der Waals surface area contributed by atoms with E-state index in [1.807, 2.05) is 6.20 Å². The lowest BCUT2D eigenvalue weighted by Gasteiger charge is -2.45. The van der Waals surface area contributed by atoms with Gasteiger partial charge in [-0.25, -0.2) is 9.07 Å². The molecule has 1 spiro atoms. The van der Waals surface area contributed by atoms with Crippen LogP contribution >= 0.6 is 0 Å². The Morgan fingerprint density at radius 2 is 2.04 bits per heavy atom. The van der Waals surface area contributed by atoms with E-state index in [0.717, 1.165) is 5.56 Å². The molecule has 1 aromatic heterocycles. The number of carboxylic acid groups (broad SMARTS) is 1. The highest BCUT2D eigenvalue weighted by atomic mass is 19.1. The van der Waals surface area contributed by atoms with Gasteiger partial charge in [-0.1, -0.05) is 12.1 Å². The normalized spacial score (nSPS) is 22.1. The lowest BCUT2D eigenvalue weighted by atomic mass is 9.77. The number of benzene rings is 1. The number of likely N-dealkylation sites (tertiary alicyclic amines) is 2. The van der Waals surface area contributed by atoms with Gasteiger partial charge in [0.15, 0.2) is 0 Å². The fourth-order valence-electron chi connectivity index (χ4n) is 4.55. The van der Waals surface area contributed by atoms with Crippen molar-refractivity contribution in [2.24, 2.45) is 5.92 Å². The minimum atomic E-state index is -0.891. The summed E-state index contributed by atoms with van der Waals surface area (Å²) in [5.41, 5.74) is 0.781. The van der Waals surface area contributed by atoms with Crippen molar-refractivity contribution in [2.45, 2.75) is 31.3 Å². The molecule has 28 heavy (non-hydrogen) atoms. The van der Waals surface area contributed by atoms with Crippen molar-refractivity contribution >= 4 is 11.9 Å². The summed E-state index contributed by atoms with van der Waals surface area (Å²) in [5.74, 6) is -1.95. The molecule has 0 saturated carbocycles. The lowest BCUT2D eigenvalue weighted by molar-refractivity contribution is -0.146. The van der Waals surface area contributed by atoms with Crippen molar-refractivity contribution in [1.82, 2.24) is 19.6 Å². The van der Waals surface area contributed by atoms with Gasteiger partial charge in [0.2, 0.25) is 5.91 Å². The zero-order valence-corrected chi connectivity index (χ0v) is 15.7. The standard InChI is InChI=1S/C20H23FN4O3/c1-23-18(26)10-15(19(27)28)20(23)6-8-24(9-7-20)12-14-11-22-25(13-14)17-5-3-2-4-16(17)21/h2-5,11,13,15H,6-10,12H2,1H3,(H,27,28). The zero-order chi connectivity index (χ0) is 19.9. The van der Waals surface area contributed by atoms with Gasteiger partial charge in [0.25, 0.3) is 0 Å². The van der Waals surface area contributed by atoms with E-state index >= 15 is 0 Å². The third kappa shape index (κ3) is 3.07. The quantitative estimate of drug-likeness (QED) is 0.869. The molecule has 1 unspecified atom stereocenters. The van der Waals surface area contributed by atoms with Gasteiger partial charge in [0.05, 0.1) is 17.7 Å². The fraction of sp³-hybridized carbons (Fsp3) is 0.450. The molecule has 8 heteroatoms. The van der Waals surface area contributed by atoms with Crippen LogP contribution in [0.3, 0.4) is 0 Å². The van der Waals surface area contributed by atoms with Crippen LogP contribution in [0.1, 0.15) is 24.8 Å². The number of aromatic nitrogens is 2. The zero-order valence-electron chi connectivity index (χ0n) is 15.7. The monoisotopic (exact) mass is 386 g/mol. The molecule has 1 N–H and O–H groups in total. The lowest BCUT2D eigenvalue weighted by Crippen LogP contribution is -2.55. The highest BCUT2D eigenvalue weighted by Crippen LogP contribution is 2.43. The van der Waals surface area contributed by atoms with Gasteiger partial charge in [-0.3, -0.25) is 14.5 Å². The topological polar surface area (TPSA) is 78.7 Å². The molecule has 2 aromatic rings. The summed E-state index contributed by atoms with van der Waals surface area (Å²) in [6.45, 7) is 2.05. The Bertz CT molecular complexity index is 904. The predicted octanol–water partition coefficient (Wildman–Crippen LogP) is 1.91.